The van der Waals surface area contributed by atoms with Crippen LogP contribution in [0.4, 0.5) is 0 Å². The minimum absolute atomic E-state index is 0.264. The van der Waals surface area contributed by atoms with Gasteiger partial charge in [-0.1, -0.05) is 37.3 Å². The Bertz CT molecular complexity index is 348. The van der Waals surface area contributed by atoms with Crippen LogP contribution in [0.15, 0.2) is 30.3 Å². The van der Waals surface area contributed by atoms with Gasteiger partial charge in [0.2, 0.25) is 0 Å². The van der Waals surface area contributed by atoms with Crippen molar-refractivity contribution in [1.29, 1.82) is 0 Å². The van der Waals surface area contributed by atoms with E-state index in [2.05, 4.69) is 37.3 Å². The van der Waals surface area contributed by atoms with Crippen molar-refractivity contribution < 1.29 is 0 Å². The van der Waals surface area contributed by atoms with Gasteiger partial charge in [0.25, 0.3) is 0 Å². The Balaban J connectivity index is 2.21. The first-order valence-electron chi connectivity index (χ1n) is 5.85. The van der Waals surface area contributed by atoms with E-state index in [9.17, 15) is 0 Å². The molecule has 0 aromatic heterocycles. The monoisotopic (exact) mass is 201 g/mol. The van der Waals surface area contributed by atoms with E-state index in [4.69, 9.17) is 5.73 Å². The minimum Gasteiger partial charge on any atom is -0.324 e. The third kappa shape index (κ3) is 2.48. The average Bonchev–Trinajstić information content (AvgIpc) is 2.29. The van der Waals surface area contributed by atoms with Crippen molar-refractivity contribution >= 4 is 5.57 Å². The van der Waals surface area contributed by atoms with Crippen LogP contribution in [0.3, 0.4) is 0 Å². The van der Waals surface area contributed by atoms with E-state index < -0.39 is 0 Å². The summed E-state index contributed by atoms with van der Waals surface area (Å²) in [5, 5.41) is 0. The van der Waals surface area contributed by atoms with Crippen LogP contribution >= 0.6 is 0 Å². The predicted molar refractivity (Wildman–Crippen MR) is 65.6 cm³/mol. The van der Waals surface area contributed by atoms with Crippen molar-refractivity contribution in [2.75, 3.05) is 0 Å². The molecule has 0 saturated heterocycles. The van der Waals surface area contributed by atoms with Crippen LogP contribution < -0.4 is 5.73 Å². The maximum atomic E-state index is 5.94. The number of allylic oxidation sites excluding steroid dienone is 1. The van der Waals surface area contributed by atoms with Gasteiger partial charge in [0, 0.05) is 6.04 Å². The van der Waals surface area contributed by atoms with E-state index in [0.717, 1.165) is 12.8 Å². The van der Waals surface area contributed by atoms with E-state index in [1.54, 1.807) is 0 Å². The average molecular weight is 201 g/mol. The summed E-state index contributed by atoms with van der Waals surface area (Å²) in [7, 11) is 0. The summed E-state index contributed by atoms with van der Waals surface area (Å²) < 4.78 is 0. The molecule has 1 nitrogen and oxygen atoms in total. The molecule has 0 heterocycles. The maximum absolute atomic E-state index is 5.94. The van der Waals surface area contributed by atoms with Gasteiger partial charge >= 0.3 is 0 Å². The molecular formula is C14H19N. The molecule has 0 bridgehead atoms. The van der Waals surface area contributed by atoms with Gasteiger partial charge in [-0.15, -0.1) is 0 Å². The van der Waals surface area contributed by atoms with E-state index >= 15 is 0 Å². The number of rotatable bonds is 2. The summed E-state index contributed by atoms with van der Waals surface area (Å²) in [6.45, 7) is 2.19. The van der Waals surface area contributed by atoms with E-state index in [0.29, 0.717) is 0 Å². The second-order valence-corrected chi connectivity index (χ2v) is 4.30. The van der Waals surface area contributed by atoms with Crippen LogP contribution in [0.25, 0.3) is 5.57 Å². The molecule has 1 heteroatoms. The zero-order valence-corrected chi connectivity index (χ0v) is 9.37. The Hall–Kier alpha value is -1.08. The molecule has 80 valence electrons. The van der Waals surface area contributed by atoms with E-state index in [-0.39, 0.29) is 6.04 Å². The molecule has 1 aromatic rings. The lowest BCUT2D eigenvalue weighted by atomic mass is 9.91. The van der Waals surface area contributed by atoms with Crippen molar-refractivity contribution in [3.63, 3.8) is 0 Å². The number of nitrogens with two attached hydrogens (primary N) is 1. The Morgan fingerprint density at radius 1 is 1.27 bits per heavy atom. The Kier molecular flexibility index (Phi) is 3.22. The van der Waals surface area contributed by atoms with Crippen molar-refractivity contribution in [2.24, 2.45) is 5.73 Å². The third-order valence-electron chi connectivity index (χ3n) is 3.13. The summed E-state index contributed by atoms with van der Waals surface area (Å²) in [6, 6.07) is 9.15. The first kappa shape index (κ1) is 10.4. The second-order valence-electron chi connectivity index (χ2n) is 4.30. The zero-order chi connectivity index (χ0) is 10.7. The number of hydrogen-bond acceptors (Lipinski definition) is 1. The van der Waals surface area contributed by atoms with Crippen LogP contribution in [-0.4, -0.2) is 6.04 Å². The molecule has 0 radical (unpaired) electrons. The standard InChI is InChI=1S/C14H19N/c1-2-11-6-8-12(9-7-11)13-4-3-5-14(15)10-13/h6-10,14H,2-5,15H2,1H3. The van der Waals surface area contributed by atoms with Crippen LogP contribution in [0.2, 0.25) is 0 Å². The third-order valence-corrected chi connectivity index (χ3v) is 3.13. The summed E-state index contributed by atoms with van der Waals surface area (Å²) in [5.74, 6) is 0. The molecule has 2 rings (SSSR count). The molecule has 0 amide bonds. The quantitative estimate of drug-likeness (QED) is 0.781. The largest absolute Gasteiger partial charge is 0.324 e. The highest BCUT2D eigenvalue weighted by molar-refractivity contribution is 5.67. The summed E-state index contributed by atoms with van der Waals surface area (Å²) in [5.41, 5.74) is 10.1. The van der Waals surface area contributed by atoms with E-state index in [1.165, 1.54) is 29.5 Å². The molecule has 0 fully saturated rings. The smallest absolute Gasteiger partial charge is 0.0229 e. The lowest BCUT2D eigenvalue weighted by molar-refractivity contribution is 0.654. The van der Waals surface area contributed by atoms with Gasteiger partial charge in [-0.3, -0.25) is 0 Å². The van der Waals surface area contributed by atoms with Gasteiger partial charge in [0.05, 0.1) is 0 Å². The lowest BCUT2D eigenvalue weighted by Gasteiger charge is -2.18. The normalized spacial score (nSPS) is 21.2. The van der Waals surface area contributed by atoms with E-state index in [1.807, 2.05) is 0 Å². The Labute approximate surface area is 92.0 Å². The number of hydrogen-bond donors (Lipinski definition) is 1. The number of benzene rings is 1. The SMILES string of the molecule is CCc1ccc(C2=CC(N)CCC2)cc1. The fraction of sp³-hybridized carbons (Fsp3) is 0.429. The van der Waals surface area contributed by atoms with Gasteiger partial charge in [-0.25, -0.2) is 0 Å². The van der Waals surface area contributed by atoms with Crippen molar-refractivity contribution in [3.8, 4) is 0 Å². The molecular weight excluding hydrogens is 182 g/mol. The topological polar surface area (TPSA) is 26.0 Å². The summed E-state index contributed by atoms with van der Waals surface area (Å²) in [4.78, 5) is 0. The lowest BCUT2D eigenvalue weighted by Crippen LogP contribution is -2.19. The molecule has 0 saturated carbocycles. The fourth-order valence-electron chi connectivity index (χ4n) is 2.15. The highest BCUT2D eigenvalue weighted by Gasteiger charge is 2.10. The molecule has 1 aromatic carbocycles. The van der Waals surface area contributed by atoms with Gasteiger partial charge in [0.1, 0.15) is 0 Å². The van der Waals surface area contributed by atoms with Gasteiger partial charge in [-0.05, 0) is 42.4 Å². The fourth-order valence-corrected chi connectivity index (χ4v) is 2.15. The van der Waals surface area contributed by atoms with Crippen LogP contribution in [0, 0.1) is 0 Å². The molecule has 1 aliphatic rings. The highest BCUT2D eigenvalue weighted by atomic mass is 14.6. The first-order chi connectivity index (χ1) is 7.29. The Morgan fingerprint density at radius 3 is 2.60 bits per heavy atom. The molecule has 0 spiro atoms. The molecule has 0 aliphatic heterocycles. The van der Waals surface area contributed by atoms with Crippen LogP contribution in [0.5, 0.6) is 0 Å². The Morgan fingerprint density at radius 2 is 2.00 bits per heavy atom. The van der Waals surface area contributed by atoms with Crippen molar-refractivity contribution in [2.45, 2.75) is 38.6 Å². The highest BCUT2D eigenvalue weighted by Crippen LogP contribution is 2.26. The van der Waals surface area contributed by atoms with Crippen LogP contribution in [0.1, 0.15) is 37.3 Å². The van der Waals surface area contributed by atoms with Crippen LogP contribution in [-0.2, 0) is 6.42 Å². The second kappa shape index (κ2) is 4.63. The zero-order valence-electron chi connectivity index (χ0n) is 9.37. The molecule has 2 N–H and O–H groups in total. The van der Waals surface area contributed by atoms with Crippen molar-refractivity contribution in [3.05, 3.63) is 41.5 Å². The van der Waals surface area contributed by atoms with Gasteiger partial charge in [-0.2, -0.15) is 0 Å². The predicted octanol–water partition coefficient (Wildman–Crippen LogP) is 3.14. The summed E-state index contributed by atoms with van der Waals surface area (Å²) >= 11 is 0. The van der Waals surface area contributed by atoms with Gasteiger partial charge in [0.15, 0.2) is 0 Å². The molecule has 1 aliphatic carbocycles. The first-order valence-corrected chi connectivity index (χ1v) is 5.85. The molecule has 1 unspecified atom stereocenters. The summed E-state index contributed by atoms with van der Waals surface area (Å²) in [6.07, 6.45) is 6.88. The molecule has 15 heavy (non-hydrogen) atoms. The number of aryl methyl sites for hydroxylation is 1. The maximum Gasteiger partial charge on any atom is 0.0229 e. The van der Waals surface area contributed by atoms with Gasteiger partial charge < -0.3 is 5.73 Å². The minimum atomic E-state index is 0.264. The molecule has 1 atom stereocenters. The van der Waals surface area contributed by atoms with Crippen molar-refractivity contribution in [1.82, 2.24) is 0 Å².